The highest BCUT2D eigenvalue weighted by atomic mass is 32.1. The van der Waals surface area contributed by atoms with E-state index in [1.54, 1.807) is 0 Å². The molecule has 11 heteroatoms. The molecule has 1 amide bonds. The van der Waals surface area contributed by atoms with Gasteiger partial charge < -0.3 is 14.8 Å². The number of rotatable bonds is 5. The van der Waals surface area contributed by atoms with Crippen molar-refractivity contribution in [2.24, 2.45) is 0 Å². The summed E-state index contributed by atoms with van der Waals surface area (Å²) in [4.78, 5) is 26.6. The summed E-state index contributed by atoms with van der Waals surface area (Å²) < 4.78 is 48.6. The Morgan fingerprint density at radius 2 is 2.10 bits per heavy atom. The molecule has 21 heavy (non-hydrogen) atoms. The number of carbonyl (C=O) groups is 2. The molecule has 1 heterocycles. The number of alkyl halides is 3. The summed E-state index contributed by atoms with van der Waals surface area (Å²) in [5.74, 6) is -1.75. The molecule has 1 atom stereocenters. The lowest BCUT2D eigenvalue weighted by molar-refractivity contribution is -0.203. The molecule has 0 aliphatic rings. The molecule has 0 radical (unpaired) electrons. The van der Waals surface area contributed by atoms with E-state index < -0.39 is 23.9 Å². The van der Waals surface area contributed by atoms with Crippen molar-refractivity contribution < 1.29 is 32.2 Å². The van der Waals surface area contributed by atoms with Gasteiger partial charge in [-0.25, -0.2) is 14.6 Å². The van der Waals surface area contributed by atoms with E-state index in [1.807, 2.05) is 5.32 Å². The Hall–Kier alpha value is -2.04. The van der Waals surface area contributed by atoms with Gasteiger partial charge in [-0.2, -0.15) is 13.2 Å². The van der Waals surface area contributed by atoms with Gasteiger partial charge in [0.2, 0.25) is 0 Å². The predicted molar refractivity (Wildman–Crippen MR) is 66.7 cm³/mol. The van der Waals surface area contributed by atoms with Crippen molar-refractivity contribution in [3.8, 4) is 0 Å². The van der Waals surface area contributed by atoms with Crippen molar-refractivity contribution in [1.29, 1.82) is 0 Å². The van der Waals surface area contributed by atoms with Gasteiger partial charge in [-0.3, -0.25) is 5.32 Å². The number of carbonyl (C=O) groups excluding carboxylic acids is 2. The van der Waals surface area contributed by atoms with E-state index in [0.717, 1.165) is 18.4 Å². The highest BCUT2D eigenvalue weighted by Gasteiger charge is 2.64. The molecule has 0 saturated carbocycles. The molecule has 1 aromatic heterocycles. The van der Waals surface area contributed by atoms with Gasteiger partial charge in [-0.05, 0) is 6.92 Å². The van der Waals surface area contributed by atoms with Crippen LogP contribution in [0.1, 0.15) is 6.92 Å². The first kappa shape index (κ1) is 17.0. The number of aromatic nitrogens is 1. The van der Waals surface area contributed by atoms with Crippen LogP contribution in [0.2, 0.25) is 0 Å². The van der Waals surface area contributed by atoms with Crippen molar-refractivity contribution in [2.45, 2.75) is 18.8 Å². The zero-order valence-corrected chi connectivity index (χ0v) is 11.8. The van der Waals surface area contributed by atoms with E-state index in [9.17, 15) is 22.8 Å². The van der Waals surface area contributed by atoms with Crippen LogP contribution in [0.25, 0.3) is 0 Å². The number of nitrogens with one attached hydrogen (secondary N) is 2. The zero-order valence-electron chi connectivity index (χ0n) is 11.0. The first-order valence-electron chi connectivity index (χ1n) is 5.54. The van der Waals surface area contributed by atoms with Crippen LogP contribution in [-0.2, 0) is 14.3 Å². The molecule has 1 rings (SSSR count). The molecule has 0 aliphatic heterocycles. The molecule has 7 nitrogen and oxygen atoms in total. The number of amides is 1. The van der Waals surface area contributed by atoms with Crippen LogP contribution in [0, 0.1) is 0 Å². The molecule has 2 N–H and O–H groups in total. The van der Waals surface area contributed by atoms with Gasteiger partial charge in [-0.15, -0.1) is 11.3 Å². The van der Waals surface area contributed by atoms with E-state index in [-0.39, 0.29) is 11.7 Å². The minimum absolute atomic E-state index is 0.168. The lowest BCUT2D eigenvalue weighted by Crippen LogP contribution is -2.69. The van der Waals surface area contributed by atoms with Gasteiger partial charge in [0, 0.05) is 11.6 Å². The first-order chi connectivity index (χ1) is 9.76. The van der Waals surface area contributed by atoms with Crippen molar-refractivity contribution in [2.75, 3.05) is 19.0 Å². The Labute approximate surface area is 121 Å². The third kappa shape index (κ3) is 3.74. The summed E-state index contributed by atoms with van der Waals surface area (Å²) in [5, 5.41) is 4.47. The zero-order chi connectivity index (χ0) is 16.1. The van der Waals surface area contributed by atoms with Gasteiger partial charge in [-0.1, -0.05) is 0 Å². The largest absolute Gasteiger partial charge is 0.466 e. The fraction of sp³-hybridized carbons (Fsp3) is 0.500. The molecule has 0 fully saturated rings. The second-order valence-electron chi connectivity index (χ2n) is 3.55. The molecule has 0 spiro atoms. The van der Waals surface area contributed by atoms with Crippen LogP contribution < -0.4 is 10.6 Å². The Balaban J connectivity index is 3.21. The van der Waals surface area contributed by atoms with E-state index in [0.29, 0.717) is 0 Å². The van der Waals surface area contributed by atoms with Gasteiger partial charge in [0.1, 0.15) is 0 Å². The van der Waals surface area contributed by atoms with Crippen LogP contribution >= 0.6 is 11.3 Å². The van der Waals surface area contributed by atoms with E-state index in [4.69, 9.17) is 0 Å². The topological polar surface area (TPSA) is 89.5 Å². The number of thiazole rings is 1. The number of hydrogen-bond acceptors (Lipinski definition) is 7. The molecule has 118 valence electrons. The summed E-state index contributed by atoms with van der Waals surface area (Å²) in [6, 6.07) is 0. The maximum atomic E-state index is 13.3. The molecule has 0 aliphatic carbocycles. The number of nitrogens with zero attached hydrogens (tertiary/aromatic N) is 1. The molecule has 0 unspecified atom stereocenters. The van der Waals surface area contributed by atoms with Crippen molar-refractivity contribution in [3.63, 3.8) is 0 Å². The molecule has 0 saturated heterocycles. The molecule has 1 aromatic rings. The highest BCUT2D eigenvalue weighted by Crippen LogP contribution is 2.33. The molecule has 0 aromatic carbocycles. The number of anilines is 1. The van der Waals surface area contributed by atoms with Crippen LogP contribution in [0.5, 0.6) is 0 Å². The lowest BCUT2D eigenvalue weighted by atomic mass is 10.1. The monoisotopic (exact) mass is 327 g/mol. The number of alkyl carbamates (subject to hydrolysis) is 1. The van der Waals surface area contributed by atoms with E-state index >= 15 is 0 Å². The van der Waals surface area contributed by atoms with Gasteiger partial charge in [0.15, 0.2) is 5.13 Å². The quantitative estimate of drug-likeness (QED) is 0.632. The smallest absolute Gasteiger partial charge is 0.442 e. The number of halogens is 3. The minimum Gasteiger partial charge on any atom is -0.466 e. The third-order valence-corrected chi connectivity index (χ3v) is 2.90. The predicted octanol–water partition coefficient (Wildman–Crippen LogP) is 1.73. The van der Waals surface area contributed by atoms with Crippen LogP contribution in [0.15, 0.2) is 11.6 Å². The summed E-state index contributed by atoms with van der Waals surface area (Å²) in [5.41, 5.74) is -3.49. The normalized spacial score (nSPS) is 14.0. The van der Waals surface area contributed by atoms with Gasteiger partial charge in [0.05, 0.1) is 13.7 Å². The fourth-order valence-corrected chi connectivity index (χ4v) is 1.89. The summed E-state index contributed by atoms with van der Waals surface area (Å²) in [6.45, 7) is 1.24. The third-order valence-electron chi connectivity index (χ3n) is 2.21. The average Bonchev–Trinajstić information content (AvgIpc) is 2.88. The second-order valence-corrected chi connectivity index (χ2v) is 4.44. The molecular weight excluding hydrogens is 315 g/mol. The summed E-state index contributed by atoms with van der Waals surface area (Å²) >= 11 is 0.812. The lowest BCUT2D eigenvalue weighted by Gasteiger charge is -2.33. The molecular formula is C10H12F3N3O4S. The molecule has 0 bridgehead atoms. The number of esters is 1. The van der Waals surface area contributed by atoms with Crippen molar-refractivity contribution in [3.05, 3.63) is 11.6 Å². The average molecular weight is 327 g/mol. The Bertz CT molecular complexity index is 494. The first-order valence-corrected chi connectivity index (χ1v) is 6.42. The number of methoxy groups -OCH3 is 1. The Kier molecular flexibility index (Phi) is 5.35. The van der Waals surface area contributed by atoms with Crippen LogP contribution in [0.3, 0.4) is 0 Å². The maximum Gasteiger partial charge on any atom is 0.442 e. The van der Waals surface area contributed by atoms with Crippen LogP contribution in [0.4, 0.5) is 23.1 Å². The van der Waals surface area contributed by atoms with Gasteiger partial charge in [0.25, 0.3) is 0 Å². The number of hydrogen-bond donors (Lipinski definition) is 2. The van der Waals surface area contributed by atoms with Crippen LogP contribution in [-0.4, -0.2) is 42.6 Å². The summed E-state index contributed by atoms with van der Waals surface area (Å²) in [7, 11) is 0.763. The highest BCUT2D eigenvalue weighted by molar-refractivity contribution is 7.13. The number of ether oxygens (including phenoxy) is 2. The van der Waals surface area contributed by atoms with Crippen molar-refractivity contribution >= 4 is 28.5 Å². The van der Waals surface area contributed by atoms with E-state index in [2.05, 4.69) is 14.5 Å². The Morgan fingerprint density at radius 1 is 1.43 bits per heavy atom. The van der Waals surface area contributed by atoms with E-state index in [1.165, 1.54) is 23.8 Å². The maximum absolute atomic E-state index is 13.3. The summed E-state index contributed by atoms with van der Waals surface area (Å²) in [6.07, 6.45) is -5.39. The minimum atomic E-state index is -5.20. The second kappa shape index (κ2) is 6.61. The SMILES string of the molecule is CCOC(=O)N[C@](Nc1nccs1)(C(=O)OC)C(F)(F)F. The van der Waals surface area contributed by atoms with Gasteiger partial charge >= 0.3 is 23.9 Å². The standard InChI is InChI=1S/C10H12F3N3O4S/c1-3-20-8(18)16-9(6(17)19-2,10(11,12)13)15-7-14-4-5-21-7/h4-5H,3H2,1-2H3,(H,14,15)(H,16,18)/t9-/m1/s1. The van der Waals surface area contributed by atoms with Crippen molar-refractivity contribution in [1.82, 2.24) is 10.3 Å². The fourth-order valence-electron chi connectivity index (χ4n) is 1.31. The Morgan fingerprint density at radius 3 is 2.52 bits per heavy atom.